The quantitative estimate of drug-likeness (QED) is 0.640. The summed E-state index contributed by atoms with van der Waals surface area (Å²) in [5.74, 6) is -0.604. The van der Waals surface area contributed by atoms with E-state index in [0.717, 1.165) is 0 Å². The fourth-order valence-corrected chi connectivity index (χ4v) is 1.86. The topological polar surface area (TPSA) is 86.2 Å². The van der Waals surface area contributed by atoms with Gasteiger partial charge >= 0.3 is 0 Å². The molecule has 0 atom stereocenters. The third-order valence-electron chi connectivity index (χ3n) is 2.78. The fourth-order valence-electron chi connectivity index (χ4n) is 1.86. The van der Waals surface area contributed by atoms with Gasteiger partial charge in [-0.25, -0.2) is 0 Å². The van der Waals surface area contributed by atoms with Crippen LogP contribution in [0.1, 0.15) is 21.5 Å². The second-order valence-corrected chi connectivity index (χ2v) is 4.26. The van der Waals surface area contributed by atoms with Gasteiger partial charge < -0.3 is 11.5 Å². The maximum Gasteiger partial charge on any atom is 0.221 e. The molecule has 2 aromatic rings. The number of hydrogen-bond donors (Lipinski definition) is 2. The Balaban J connectivity index is 2.38. The molecular weight excluding hydrogens is 240 g/mol. The average Bonchev–Trinajstić information content (AvgIpc) is 2.40. The third kappa shape index (κ3) is 2.98. The number of primary amides is 1. The van der Waals surface area contributed by atoms with E-state index in [0.29, 0.717) is 22.4 Å². The van der Waals surface area contributed by atoms with E-state index in [1.165, 1.54) is 0 Å². The minimum Gasteiger partial charge on any atom is -0.398 e. The number of anilines is 1. The van der Waals surface area contributed by atoms with Crippen molar-refractivity contribution in [2.75, 3.05) is 5.73 Å². The van der Waals surface area contributed by atoms with Gasteiger partial charge in [0.05, 0.1) is 6.42 Å². The Bertz CT molecular complexity index is 621. The lowest BCUT2D eigenvalue weighted by molar-refractivity contribution is -0.117. The minimum atomic E-state index is -0.442. The van der Waals surface area contributed by atoms with Crippen LogP contribution in [0.3, 0.4) is 0 Å². The van der Waals surface area contributed by atoms with Crippen molar-refractivity contribution in [3.63, 3.8) is 0 Å². The Kier molecular flexibility index (Phi) is 3.61. The highest BCUT2D eigenvalue weighted by atomic mass is 16.1. The van der Waals surface area contributed by atoms with E-state index in [9.17, 15) is 9.59 Å². The number of hydrogen-bond acceptors (Lipinski definition) is 3. The van der Waals surface area contributed by atoms with Gasteiger partial charge in [-0.15, -0.1) is 0 Å². The zero-order chi connectivity index (χ0) is 13.8. The number of ketones is 1. The van der Waals surface area contributed by atoms with Gasteiger partial charge in [0.25, 0.3) is 0 Å². The van der Waals surface area contributed by atoms with E-state index < -0.39 is 5.91 Å². The molecule has 0 aliphatic rings. The monoisotopic (exact) mass is 254 g/mol. The Morgan fingerprint density at radius 2 is 1.68 bits per heavy atom. The summed E-state index contributed by atoms with van der Waals surface area (Å²) in [5.41, 5.74) is 13.0. The molecule has 19 heavy (non-hydrogen) atoms. The summed E-state index contributed by atoms with van der Waals surface area (Å²) in [7, 11) is 0. The number of benzene rings is 2. The van der Waals surface area contributed by atoms with E-state index in [-0.39, 0.29) is 12.2 Å². The van der Waals surface area contributed by atoms with Crippen molar-refractivity contribution in [2.45, 2.75) is 6.42 Å². The standard InChI is InChI=1S/C15H14N2O2/c16-13-7-6-10(9-14(17)18)8-12(13)15(19)11-4-2-1-3-5-11/h1-8H,9,16H2,(H2,17,18). The highest BCUT2D eigenvalue weighted by molar-refractivity contribution is 6.12. The minimum absolute atomic E-state index is 0.0926. The lowest BCUT2D eigenvalue weighted by Gasteiger charge is -2.07. The summed E-state index contributed by atoms with van der Waals surface area (Å²) in [4.78, 5) is 23.2. The predicted molar refractivity (Wildman–Crippen MR) is 73.6 cm³/mol. The smallest absolute Gasteiger partial charge is 0.221 e. The van der Waals surface area contributed by atoms with Crippen LogP contribution in [-0.4, -0.2) is 11.7 Å². The molecule has 0 spiro atoms. The third-order valence-corrected chi connectivity index (χ3v) is 2.78. The van der Waals surface area contributed by atoms with Gasteiger partial charge in [0, 0.05) is 16.8 Å². The first-order valence-electron chi connectivity index (χ1n) is 5.84. The largest absolute Gasteiger partial charge is 0.398 e. The summed E-state index contributed by atoms with van der Waals surface area (Å²) < 4.78 is 0. The van der Waals surface area contributed by atoms with Crippen LogP contribution in [0.5, 0.6) is 0 Å². The first kappa shape index (κ1) is 12.8. The second kappa shape index (κ2) is 5.35. The number of amides is 1. The van der Waals surface area contributed by atoms with Crippen molar-refractivity contribution in [1.29, 1.82) is 0 Å². The molecule has 4 N–H and O–H groups in total. The normalized spacial score (nSPS) is 10.1. The molecule has 96 valence electrons. The molecule has 0 saturated heterocycles. The molecule has 0 aromatic heterocycles. The van der Waals surface area contributed by atoms with Crippen LogP contribution < -0.4 is 11.5 Å². The fraction of sp³-hybridized carbons (Fsp3) is 0.0667. The Hall–Kier alpha value is -2.62. The molecule has 2 rings (SSSR count). The Morgan fingerprint density at radius 1 is 1.00 bits per heavy atom. The summed E-state index contributed by atoms with van der Waals surface area (Å²) in [6.45, 7) is 0. The molecule has 4 heteroatoms. The van der Waals surface area contributed by atoms with Gasteiger partial charge in [0.1, 0.15) is 0 Å². The van der Waals surface area contributed by atoms with E-state index in [2.05, 4.69) is 0 Å². The predicted octanol–water partition coefficient (Wildman–Crippen LogP) is 1.53. The van der Waals surface area contributed by atoms with Gasteiger partial charge in [-0.3, -0.25) is 9.59 Å². The molecule has 0 unspecified atom stereocenters. The Labute approximate surface area is 111 Å². The van der Waals surface area contributed by atoms with Crippen LogP contribution in [0.15, 0.2) is 48.5 Å². The zero-order valence-corrected chi connectivity index (χ0v) is 10.3. The molecule has 1 amide bonds. The summed E-state index contributed by atoms with van der Waals surface area (Å²) in [6, 6.07) is 13.8. The molecule has 0 radical (unpaired) electrons. The van der Waals surface area contributed by atoms with Gasteiger partial charge in [-0.2, -0.15) is 0 Å². The molecule has 0 aliphatic carbocycles. The number of carbonyl (C=O) groups excluding carboxylic acids is 2. The Morgan fingerprint density at radius 3 is 2.32 bits per heavy atom. The lowest BCUT2D eigenvalue weighted by Crippen LogP contribution is -2.14. The van der Waals surface area contributed by atoms with E-state index >= 15 is 0 Å². The zero-order valence-electron chi connectivity index (χ0n) is 10.3. The summed E-state index contributed by atoms with van der Waals surface area (Å²) >= 11 is 0. The maximum absolute atomic E-state index is 12.3. The average molecular weight is 254 g/mol. The van der Waals surface area contributed by atoms with Crippen LogP contribution in [0.25, 0.3) is 0 Å². The van der Waals surface area contributed by atoms with Gasteiger partial charge in [-0.05, 0) is 17.7 Å². The second-order valence-electron chi connectivity index (χ2n) is 4.26. The molecule has 4 nitrogen and oxygen atoms in total. The first-order valence-corrected chi connectivity index (χ1v) is 5.84. The van der Waals surface area contributed by atoms with Crippen molar-refractivity contribution in [1.82, 2.24) is 0 Å². The van der Waals surface area contributed by atoms with Crippen LogP contribution in [-0.2, 0) is 11.2 Å². The number of rotatable bonds is 4. The van der Waals surface area contributed by atoms with Crippen LogP contribution in [0.4, 0.5) is 5.69 Å². The highest BCUT2D eigenvalue weighted by Gasteiger charge is 2.13. The number of nitrogen functional groups attached to an aromatic ring is 1. The van der Waals surface area contributed by atoms with Gasteiger partial charge in [0.15, 0.2) is 5.78 Å². The van der Waals surface area contributed by atoms with E-state index in [1.807, 2.05) is 6.07 Å². The molecule has 0 fully saturated rings. The molecule has 0 saturated carbocycles. The molecule has 2 aromatic carbocycles. The van der Waals surface area contributed by atoms with Crippen molar-refractivity contribution >= 4 is 17.4 Å². The molecule has 0 bridgehead atoms. The van der Waals surface area contributed by atoms with Crippen LogP contribution in [0.2, 0.25) is 0 Å². The number of carbonyl (C=O) groups is 2. The van der Waals surface area contributed by atoms with Crippen molar-refractivity contribution in [3.8, 4) is 0 Å². The molecule has 0 aliphatic heterocycles. The van der Waals surface area contributed by atoms with Crippen molar-refractivity contribution in [2.24, 2.45) is 5.73 Å². The first-order chi connectivity index (χ1) is 9.08. The molecule has 0 heterocycles. The summed E-state index contributed by atoms with van der Waals surface area (Å²) in [6.07, 6.45) is 0.0926. The van der Waals surface area contributed by atoms with Crippen LogP contribution in [0, 0.1) is 0 Å². The number of nitrogens with two attached hydrogens (primary N) is 2. The van der Waals surface area contributed by atoms with E-state index in [1.54, 1.807) is 42.5 Å². The highest BCUT2D eigenvalue weighted by Crippen LogP contribution is 2.18. The van der Waals surface area contributed by atoms with Crippen molar-refractivity contribution in [3.05, 3.63) is 65.2 Å². The lowest BCUT2D eigenvalue weighted by atomic mass is 9.98. The van der Waals surface area contributed by atoms with E-state index in [4.69, 9.17) is 11.5 Å². The van der Waals surface area contributed by atoms with Crippen molar-refractivity contribution < 1.29 is 9.59 Å². The van der Waals surface area contributed by atoms with Gasteiger partial charge in [0.2, 0.25) is 5.91 Å². The van der Waals surface area contributed by atoms with Gasteiger partial charge in [-0.1, -0.05) is 36.4 Å². The maximum atomic E-state index is 12.3. The molecular formula is C15H14N2O2. The SMILES string of the molecule is NC(=O)Cc1ccc(N)c(C(=O)c2ccccc2)c1. The van der Waals surface area contributed by atoms with Crippen LogP contribution >= 0.6 is 0 Å². The summed E-state index contributed by atoms with van der Waals surface area (Å²) in [5, 5.41) is 0.